The molecule has 0 radical (unpaired) electrons. The molecule has 0 aromatic carbocycles. The Morgan fingerprint density at radius 1 is 1.29 bits per heavy atom. The lowest BCUT2D eigenvalue weighted by molar-refractivity contribution is -0.270. The summed E-state index contributed by atoms with van der Waals surface area (Å²) in [5, 5.41) is 4.74. The van der Waals surface area contributed by atoms with Gasteiger partial charge in [0, 0.05) is 12.1 Å². The lowest BCUT2D eigenvalue weighted by atomic mass is 10.0. The van der Waals surface area contributed by atoms with Crippen LogP contribution in [0.25, 0.3) is 0 Å². The van der Waals surface area contributed by atoms with Crippen LogP contribution in [0.3, 0.4) is 0 Å². The summed E-state index contributed by atoms with van der Waals surface area (Å²) in [6, 6.07) is -0.666. The molecule has 100 valence electrons. The molecule has 1 aliphatic rings. The Morgan fingerprint density at radius 2 is 1.88 bits per heavy atom. The summed E-state index contributed by atoms with van der Waals surface area (Å²) in [5.74, 6) is -7.61. The van der Waals surface area contributed by atoms with E-state index in [1.54, 1.807) is 12.2 Å². The number of piperidine rings is 1. The van der Waals surface area contributed by atoms with Crippen molar-refractivity contribution in [2.45, 2.75) is 43.9 Å². The Balaban J connectivity index is 2.60. The number of rotatable bonds is 2. The van der Waals surface area contributed by atoms with E-state index in [4.69, 9.17) is 0 Å². The zero-order valence-electron chi connectivity index (χ0n) is 9.07. The molecule has 0 aromatic rings. The number of nitrogens with one attached hydrogen (secondary N) is 2. The molecule has 1 heterocycles. The van der Waals surface area contributed by atoms with Gasteiger partial charge in [0.1, 0.15) is 0 Å². The molecular weight excluding hydrogens is 247 g/mol. The molecule has 3 nitrogen and oxygen atoms in total. The quantitative estimate of drug-likeness (QED) is 0.738. The summed E-state index contributed by atoms with van der Waals surface area (Å²) in [4.78, 5) is 10.9. The monoisotopic (exact) mass is 260 g/mol. The molecule has 1 saturated heterocycles. The van der Waals surface area contributed by atoms with E-state index in [1.165, 1.54) is 0 Å². The van der Waals surface area contributed by atoms with Crippen LogP contribution < -0.4 is 10.6 Å². The Morgan fingerprint density at radius 3 is 2.35 bits per heavy atom. The first kappa shape index (κ1) is 14.1. The summed E-state index contributed by atoms with van der Waals surface area (Å²) >= 11 is 0. The van der Waals surface area contributed by atoms with Crippen LogP contribution in [0.5, 0.6) is 0 Å². The number of carbonyl (C=O) groups is 1. The number of amides is 1. The molecule has 0 spiro atoms. The fourth-order valence-corrected chi connectivity index (χ4v) is 1.67. The normalized spacial score (nSPS) is 26.7. The maximum atomic E-state index is 12.6. The second-order valence-electron chi connectivity index (χ2n) is 4.12. The van der Waals surface area contributed by atoms with Crippen LogP contribution in [-0.4, -0.2) is 36.6 Å². The Bertz CT molecular complexity index is 292. The van der Waals surface area contributed by atoms with Crippen molar-refractivity contribution in [3.63, 3.8) is 0 Å². The smallest absolute Gasteiger partial charge is 0.348 e. The van der Waals surface area contributed by atoms with Crippen LogP contribution in [-0.2, 0) is 4.79 Å². The molecule has 2 unspecified atom stereocenters. The summed E-state index contributed by atoms with van der Waals surface area (Å²) in [5.41, 5.74) is 0. The largest absolute Gasteiger partial charge is 0.463 e. The van der Waals surface area contributed by atoms with Crippen molar-refractivity contribution < 1.29 is 26.7 Å². The molecule has 17 heavy (non-hydrogen) atoms. The van der Waals surface area contributed by atoms with Crippen molar-refractivity contribution in [2.24, 2.45) is 0 Å². The second kappa shape index (κ2) is 4.75. The maximum absolute atomic E-state index is 12.6. The minimum Gasteiger partial charge on any atom is -0.348 e. The lowest BCUT2D eigenvalue weighted by Gasteiger charge is -2.30. The van der Waals surface area contributed by atoms with E-state index in [9.17, 15) is 26.7 Å². The van der Waals surface area contributed by atoms with E-state index in [-0.39, 0.29) is 6.04 Å². The number of carbonyl (C=O) groups excluding carboxylic acids is 1. The van der Waals surface area contributed by atoms with Gasteiger partial charge in [0.05, 0.1) is 0 Å². The predicted octanol–water partition coefficient (Wildman–Crippen LogP) is 1.44. The minimum atomic E-state index is -5.85. The number of alkyl halides is 5. The highest BCUT2D eigenvalue weighted by atomic mass is 19.4. The first-order valence-electron chi connectivity index (χ1n) is 5.13. The van der Waals surface area contributed by atoms with Gasteiger partial charge < -0.3 is 10.6 Å². The third-order valence-electron chi connectivity index (χ3n) is 2.60. The molecule has 0 aliphatic carbocycles. The van der Waals surface area contributed by atoms with Gasteiger partial charge in [0.15, 0.2) is 0 Å². The van der Waals surface area contributed by atoms with E-state index < -0.39 is 24.0 Å². The number of halogens is 5. The average Bonchev–Trinajstić information content (AvgIpc) is 2.15. The van der Waals surface area contributed by atoms with Gasteiger partial charge in [-0.3, -0.25) is 4.79 Å². The topological polar surface area (TPSA) is 41.1 Å². The third kappa shape index (κ3) is 3.27. The van der Waals surface area contributed by atoms with E-state index in [1.807, 2.05) is 0 Å². The molecular formula is C9H13F5N2O. The van der Waals surface area contributed by atoms with E-state index >= 15 is 0 Å². The highest BCUT2D eigenvalue weighted by Gasteiger charge is 2.63. The van der Waals surface area contributed by atoms with Crippen LogP contribution in [0.4, 0.5) is 22.0 Å². The lowest BCUT2D eigenvalue weighted by Crippen LogP contribution is -2.55. The molecule has 1 rings (SSSR count). The van der Waals surface area contributed by atoms with Crippen LogP contribution in [0, 0.1) is 0 Å². The number of hydrogen-bond donors (Lipinski definition) is 2. The van der Waals surface area contributed by atoms with E-state index in [2.05, 4.69) is 5.32 Å². The van der Waals surface area contributed by atoms with Crippen LogP contribution >= 0.6 is 0 Å². The van der Waals surface area contributed by atoms with Gasteiger partial charge in [-0.1, -0.05) is 0 Å². The van der Waals surface area contributed by atoms with E-state index in [0.717, 1.165) is 0 Å². The fraction of sp³-hybridized carbons (Fsp3) is 0.889. The number of hydrogen-bond acceptors (Lipinski definition) is 2. The standard InChI is InChI=1S/C9H13F5N2O/c1-5-4-6(2-3-15-5)16-7(17)8(10,11)9(12,13)14/h5-6,15H,2-4H2,1H3,(H,16,17). The van der Waals surface area contributed by atoms with Gasteiger partial charge >= 0.3 is 18.0 Å². The Kier molecular flexibility index (Phi) is 3.95. The highest BCUT2D eigenvalue weighted by Crippen LogP contribution is 2.35. The summed E-state index contributed by atoms with van der Waals surface area (Å²) in [6.45, 7) is 2.24. The maximum Gasteiger partial charge on any atom is 0.463 e. The summed E-state index contributed by atoms with van der Waals surface area (Å²) in [7, 11) is 0. The molecule has 1 amide bonds. The van der Waals surface area contributed by atoms with Crippen LogP contribution in [0.15, 0.2) is 0 Å². The van der Waals surface area contributed by atoms with Gasteiger partial charge in [-0.05, 0) is 26.3 Å². The van der Waals surface area contributed by atoms with Crippen LogP contribution in [0.1, 0.15) is 19.8 Å². The summed E-state index contributed by atoms with van der Waals surface area (Å²) in [6.07, 6.45) is -5.18. The van der Waals surface area contributed by atoms with Crippen molar-refractivity contribution >= 4 is 5.91 Å². The van der Waals surface area contributed by atoms with Crippen molar-refractivity contribution in [1.29, 1.82) is 0 Å². The third-order valence-corrected chi connectivity index (χ3v) is 2.60. The molecule has 0 aromatic heterocycles. The van der Waals surface area contributed by atoms with Gasteiger partial charge in [0.2, 0.25) is 0 Å². The highest BCUT2D eigenvalue weighted by molar-refractivity contribution is 5.84. The first-order valence-corrected chi connectivity index (χ1v) is 5.13. The predicted molar refractivity (Wildman–Crippen MR) is 49.6 cm³/mol. The van der Waals surface area contributed by atoms with Gasteiger partial charge in [-0.15, -0.1) is 0 Å². The summed E-state index contributed by atoms with van der Waals surface area (Å²) < 4.78 is 60.9. The fourth-order valence-electron chi connectivity index (χ4n) is 1.67. The average molecular weight is 260 g/mol. The SMILES string of the molecule is CC1CC(NC(=O)C(F)(F)C(F)(F)F)CCN1. The van der Waals surface area contributed by atoms with Crippen molar-refractivity contribution in [2.75, 3.05) is 6.54 Å². The molecule has 0 saturated carbocycles. The van der Waals surface area contributed by atoms with Crippen LogP contribution in [0.2, 0.25) is 0 Å². The molecule has 1 fully saturated rings. The van der Waals surface area contributed by atoms with Crippen molar-refractivity contribution in [1.82, 2.24) is 10.6 Å². The van der Waals surface area contributed by atoms with E-state index in [0.29, 0.717) is 19.4 Å². The molecule has 0 bridgehead atoms. The Hall–Kier alpha value is -0.920. The Labute approximate surface area is 94.7 Å². The molecule has 1 aliphatic heterocycles. The van der Waals surface area contributed by atoms with Crippen molar-refractivity contribution in [3.05, 3.63) is 0 Å². The molecule has 2 N–H and O–H groups in total. The van der Waals surface area contributed by atoms with Gasteiger partial charge in [-0.2, -0.15) is 22.0 Å². The molecule has 2 atom stereocenters. The van der Waals surface area contributed by atoms with Crippen molar-refractivity contribution in [3.8, 4) is 0 Å². The van der Waals surface area contributed by atoms with Gasteiger partial charge in [-0.25, -0.2) is 0 Å². The second-order valence-corrected chi connectivity index (χ2v) is 4.12. The minimum absolute atomic E-state index is 0.0199. The molecule has 8 heteroatoms. The zero-order valence-corrected chi connectivity index (χ0v) is 9.07. The first-order chi connectivity index (χ1) is 7.64. The van der Waals surface area contributed by atoms with Gasteiger partial charge in [0.25, 0.3) is 0 Å². The zero-order chi connectivity index (χ0) is 13.3.